The van der Waals surface area contributed by atoms with Crippen LogP contribution >= 0.6 is 0 Å². The zero-order chi connectivity index (χ0) is 9.14. The summed E-state index contributed by atoms with van der Waals surface area (Å²) >= 11 is 0. The van der Waals surface area contributed by atoms with Gasteiger partial charge in [-0.15, -0.1) is 5.43 Å². The first-order chi connectivity index (χ1) is 5.61. The molecule has 0 amide bonds. The number of hydrogen-bond donors (Lipinski definition) is 1. The molecule has 12 heavy (non-hydrogen) atoms. The fraction of sp³-hybridized carbons (Fsp3) is 0.250. The number of hydrogen-bond acceptors (Lipinski definition) is 2. The first-order valence-corrected chi connectivity index (χ1v) is 3.58. The van der Waals surface area contributed by atoms with Gasteiger partial charge in [-0.25, -0.2) is 10.1 Å². The van der Waals surface area contributed by atoms with Crippen molar-refractivity contribution in [3.8, 4) is 0 Å². The SMILES string of the molecule is Cc1cccc(N[N+](=O)[O-])c1C. The number of nitrogens with one attached hydrogen (secondary N) is 1. The molecule has 1 aromatic carbocycles. The number of benzene rings is 1. The molecule has 0 radical (unpaired) electrons. The van der Waals surface area contributed by atoms with E-state index < -0.39 is 5.03 Å². The Morgan fingerprint density at radius 3 is 2.67 bits per heavy atom. The topological polar surface area (TPSA) is 55.2 Å². The van der Waals surface area contributed by atoms with E-state index in [1.807, 2.05) is 19.9 Å². The van der Waals surface area contributed by atoms with Crippen molar-refractivity contribution in [3.05, 3.63) is 39.4 Å². The molecule has 1 aromatic rings. The van der Waals surface area contributed by atoms with Gasteiger partial charge in [0.1, 0.15) is 5.69 Å². The lowest BCUT2D eigenvalue weighted by molar-refractivity contribution is -0.445. The van der Waals surface area contributed by atoms with Gasteiger partial charge >= 0.3 is 0 Å². The van der Waals surface area contributed by atoms with Crippen molar-refractivity contribution in [2.75, 3.05) is 5.43 Å². The summed E-state index contributed by atoms with van der Waals surface area (Å²) in [6.45, 7) is 3.77. The average Bonchev–Trinajstić information content (AvgIpc) is 1.98. The van der Waals surface area contributed by atoms with E-state index in [1.165, 1.54) is 0 Å². The minimum atomic E-state index is -0.554. The molecule has 64 valence electrons. The quantitative estimate of drug-likeness (QED) is 0.539. The van der Waals surface area contributed by atoms with Crippen LogP contribution in [0.15, 0.2) is 18.2 Å². The van der Waals surface area contributed by atoms with Gasteiger partial charge in [0.15, 0.2) is 5.03 Å². The third kappa shape index (κ3) is 1.72. The number of hydrazine groups is 1. The van der Waals surface area contributed by atoms with Gasteiger partial charge in [0.05, 0.1) is 0 Å². The predicted octanol–water partition coefficient (Wildman–Crippen LogP) is 1.91. The van der Waals surface area contributed by atoms with Crippen LogP contribution in [0.4, 0.5) is 5.69 Å². The first-order valence-electron chi connectivity index (χ1n) is 3.58. The van der Waals surface area contributed by atoms with Crippen LogP contribution in [0.5, 0.6) is 0 Å². The van der Waals surface area contributed by atoms with E-state index in [1.54, 1.807) is 12.1 Å². The highest BCUT2D eigenvalue weighted by molar-refractivity contribution is 5.51. The third-order valence-electron chi connectivity index (χ3n) is 1.82. The Morgan fingerprint density at radius 2 is 2.08 bits per heavy atom. The molecule has 0 saturated carbocycles. The number of rotatable bonds is 2. The maximum atomic E-state index is 10.1. The molecule has 0 fully saturated rings. The summed E-state index contributed by atoms with van der Waals surface area (Å²) in [4.78, 5) is 10.1. The maximum absolute atomic E-state index is 10.1. The fourth-order valence-corrected chi connectivity index (χ4v) is 0.971. The highest BCUT2D eigenvalue weighted by Crippen LogP contribution is 2.17. The van der Waals surface area contributed by atoms with Crippen molar-refractivity contribution in [1.29, 1.82) is 0 Å². The lowest BCUT2D eigenvalue weighted by Crippen LogP contribution is -2.09. The molecule has 4 heteroatoms. The van der Waals surface area contributed by atoms with E-state index in [4.69, 9.17) is 0 Å². The van der Waals surface area contributed by atoms with Crippen molar-refractivity contribution in [3.63, 3.8) is 0 Å². The Kier molecular flexibility index (Phi) is 2.28. The summed E-state index contributed by atoms with van der Waals surface area (Å²) in [6, 6.07) is 5.39. The summed E-state index contributed by atoms with van der Waals surface area (Å²) in [5, 5.41) is 9.57. The minimum absolute atomic E-state index is 0.554. The van der Waals surface area contributed by atoms with Crippen molar-refractivity contribution in [1.82, 2.24) is 0 Å². The Morgan fingerprint density at radius 1 is 1.42 bits per heavy atom. The van der Waals surface area contributed by atoms with Crippen LogP contribution < -0.4 is 5.43 Å². The molecule has 1 rings (SSSR count). The summed E-state index contributed by atoms with van der Waals surface area (Å²) < 4.78 is 0. The molecule has 1 N–H and O–H groups in total. The standard InChI is InChI=1S/C8H10N2O2/c1-6-4-3-5-8(7(6)2)9-10(11)12/h3-5,9H,1-2H3. The zero-order valence-electron chi connectivity index (χ0n) is 7.00. The predicted molar refractivity (Wildman–Crippen MR) is 46.5 cm³/mol. The highest BCUT2D eigenvalue weighted by atomic mass is 16.7. The lowest BCUT2D eigenvalue weighted by Gasteiger charge is -2.03. The number of aryl methyl sites for hydroxylation is 1. The summed E-state index contributed by atoms with van der Waals surface area (Å²) in [5.74, 6) is 0. The van der Waals surface area contributed by atoms with Gasteiger partial charge in [-0.05, 0) is 31.0 Å². The van der Waals surface area contributed by atoms with Gasteiger partial charge < -0.3 is 0 Å². The van der Waals surface area contributed by atoms with Gasteiger partial charge in [0, 0.05) is 0 Å². The zero-order valence-corrected chi connectivity index (χ0v) is 7.00. The molecule has 0 spiro atoms. The molecule has 0 unspecified atom stereocenters. The van der Waals surface area contributed by atoms with Crippen LogP contribution in [0.1, 0.15) is 11.1 Å². The summed E-state index contributed by atoms with van der Waals surface area (Å²) in [7, 11) is 0. The van der Waals surface area contributed by atoms with Gasteiger partial charge in [-0.1, -0.05) is 12.1 Å². The molecule has 0 heterocycles. The Labute approximate surface area is 70.3 Å². The summed E-state index contributed by atoms with van der Waals surface area (Å²) in [5.41, 5.74) is 4.65. The van der Waals surface area contributed by atoms with E-state index in [0.29, 0.717) is 5.69 Å². The van der Waals surface area contributed by atoms with Crippen molar-refractivity contribution in [2.24, 2.45) is 0 Å². The second-order valence-electron chi connectivity index (χ2n) is 2.62. The molecular weight excluding hydrogens is 156 g/mol. The van der Waals surface area contributed by atoms with Crippen molar-refractivity contribution < 1.29 is 5.03 Å². The van der Waals surface area contributed by atoms with Crippen molar-refractivity contribution >= 4 is 5.69 Å². The van der Waals surface area contributed by atoms with E-state index in [0.717, 1.165) is 11.1 Å². The molecule has 4 nitrogen and oxygen atoms in total. The maximum Gasteiger partial charge on any atom is 0.162 e. The molecule has 0 aliphatic carbocycles. The molecule has 0 atom stereocenters. The lowest BCUT2D eigenvalue weighted by atomic mass is 10.1. The van der Waals surface area contributed by atoms with Crippen LogP contribution in [0.3, 0.4) is 0 Å². The van der Waals surface area contributed by atoms with Crippen LogP contribution in [0.25, 0.3) is 0 Å². The van der Waals surface area contributed by atoms with E-state index in [9.17, 15) is 10.1 Å². The number of nitrogens with zero attached hydrogens (tertiary/aromatic N) is 1. The smallest absolute Gasteiger partial charge is 0.162 e. The third-order valence-corrected chi connectivity index (χ3v) is 1.82. The fourth-order valence-electron chi connectivity index (χ4n) is 0.971. The van der Waals surface area contributed by atoms with Crippen LogP contribution in [-0.4, -0.2) is 5.03 Å². The Hall–Kier alpha value is -1.58. The van der Waals surface area contributed by atoms with E-state index >= 15 is 0 Å². The Balaban J connectivity index is 3.00. The van der Waals surface area contributed by atoms with Gasteiger partial charge in [0.25, 0.3) is 0 Å². The summed E-state index contributed by atoms with van der Waals surface area (Å²) in [6.07, 6.45) is 0. The largest absolute Gasteiger partial charge is 0.235 e. The molecular formula is C8H10N2O2. The van der Waals surface area contributed by atoms with Crippen LogP contribution in [-0.2, 0) is 0 Å². The van der Waals surface area contributed by atoms with Crippen LogP contribution in [0.2, 0.25) is 0 Å². The van der Waals surface area contributed by atoms with Gasteiger partial charge in [0.2, 0.25) is 0 Å². The van der Waals surface area contributed by atoms with Crippen LogP contribution in [0, 0.1) is 24.0 Å². The van der Waals surface area contributed by atoms with Crippen molar-refractivity contribution in [2.45, 2.75) is 13.8 Å². The highest BCUT2D eigenvalue weighted by Gasteiger charge is 2.03. The van der Waals surface area contributed by atoms with E-state index in [2.05, 4.69) is 5.43 Å². The number of nitro groups is 1. The Bertz CT molecular complexity index is 310. The molecule has 0 saturated heterocycles. The van der Waals surface area contributed by atoms with Gasteiger partial charge in [-0.3, -0.25) is 0 Å². The molecule has 0 bridgehead atoms. The number of anilines is 1. The van der Waals surface area contributed by atoms with E-state index in [-0.39, 0.29) is 0 Å². The average molecular weight is 166 g/mol. The monoisotopic (exact) mass is 166 g/mol. The normalized spacial score (nSPS) is 9.50. The second-order valence-corrected chi connectivity index (χ2v) is 2.62. The minimum Gasteiger partial charge on any atom is -0.235 e. The molecule has 0 aromatic heterocycles. The first kappa shape index (κ1) is 8.52. The molecule has 0 aliphatic heterocycles. The molecule has 0 aliphatic rings. The second kappa shape index (κ2) is 3.21. The van der Waals surface area contributed by atoms with Gasteiger partial charge in [-0.2, -0.15) is 0 Å².